The van der Waals surface area contributed by atoms with Crippen molar-refractivity contribution in [3.8, 4) is 0 Å². The molecule has 1 N–H and O–H groups in total. The SMILES string of the molecule is Cl.FC(F)(F)[C@H](c1ccc(Cl)cc1Cl)N1CCNCC1. The molecule has 1 fully saturated rings. The maximum atomic E-state index is 13.3. The molecule has 0 bridgehead atoms. The van der Waals surface area contributed by atoms with Crippen LogP contribution in [0.25, 0.3) is 0 Å². The van der Waals surface area contributed by atoms with Gasteiger partial charge in [-0.25, -0.2) is 0 Å². The number of benzene rings is 1. The number of nitrogens with zero attached hydrogens (tertiary/aromatic N) is 1. The van der Waals surface area contributed by atoms with Crippen molar-refractivity contribution >= 4 is 35.6 Å². The summed E-state index contributed by atoms with van der Waals surface area (Å²) in [6.45, 7) is 1.75. The van der Waals surface area contributed by atoms with Crippen LogP contribution in [0.3, 0.4) is 0 Å². The Bertz CT molecular complexity index is 448. The third kappa shape index (κ3) is 4.15. The van der Waals surface area contributed by atoms with Gasteiger partial charge < -0.3 is 5.32 Å². The van der Waals surface area contributed by atoms with Crippen molar-refractivity contribution in [2.75, 3.05) is 26.2 Å². The second-order valence-electron chi connectivity index (χ2n) is 4.40. The Kier molecular flexibility index (Phi) is 6.41. The molecule has 1 atom stereocenters. The van der Waals surface area contributed by atoms with Gasteiger partial charge in [-0.1, -0.05) is 29.3 Å². The molecule has 1 aromatic rings. The number of halogens is 6. The normalized spacial score (nSPS) is 18.4. The molecule has 8 heteroatoms. The summed E-state index contributed by atoms with van der Waals surface area (Å²) < 4.78 is 40.0. The van der Waals surface area contributed by atoms with Crippen LogP contribution >= 0.6 is 35.6 Å². The van der Waals surface area contributed by atoms with E-state index in [2.05, 4.69) is 5.32 Å². The average molecular weight is 350 g/mol. The van der Waals surface area contributed by atoms with Gasteiger partial charge in [0.15, 0.2) is 0 Å². The first-order valence-electron chi connectivity index (χ1n) is 5.86. The summed E-state index contributed by atoms with van der Waals surface area (Å²) in [5, 5.41) is 3.41. The van der Waals surface area contributed by atoms with E-state index < -0.39 is 12.2 Å². The van der Waals surface area contributed by atoms with Crippen LogP contribution in [0, 0.1) is 0 Å². The summed E-state index contributed by atoms with van der Waals surface area (Å²) in [6, 6.07) is 2.45. The van der Waals surface area contributed by atoms with Gasteiger partial charge in [0, 0.05) is 36.2 Å². The summed E-state index contributed by atoms with van der Waals surface area (Å²) in [6.07, 6.45) is -4.37. The molecule has 1 heterocycles. The number of nitrogens with one attached hydrogen (secondary N) is 1. The second-order valence-corrected chi connectivity index (χ2v) is 5.24. The zero-order valence-electron chi connectivity index (χ0n) is 10.4. The third-order valence-corrected chi connectivity index (χ3v) is 3.65. The molecule has 20 heavy (non-hydrogen) atoms. The highest BCUT2D eigenvalue weighted by atomic mass is 35.5. The second kappa shape index (κ2) is 7.18. The zero-order valence-corrected chi connectivity index (χ0v) is 12.7. The fourth-order valence-corrected chi connectivity index (χ4v) is 2.76. The first kappa shape index (κ1) is 17.9. The van der Waals surface area contributed by atoms with Crippen LogP contribution in [-0.2, 0) is 0 Å². The van der Waals surface area contributed by atoms with Crippen LogP contribution in [0.1, 0.15) is 11.6 Å². The van der Waals surface area contributed by atoms with Crippen molar-refractivity contribution in [3.63, 3.8) is 0 Å². The van der Waals surface area contributed by atoms with E-state index in [4.69, 9.17) is 23.2 Å². The van der Waals surface area contributed by atoms with E-state index >= 15 is 0 Å². The number of piperazine rings is 1. The highest BCUT2D eigenvalue weighted by molar-refractivity contribution is 6.35. The lowest BCUT2D eigenvalue weighted by molar-refractivity contribution is -0.187. The Balaban J connectivity index is 0.00000200. The van der Waals surface area contributed by atoms with Crippen molar-refractivity contribution in [2.45, 2.75) is 12.2 Å². The summed E-state index contributed by atoms with van der Waals surface area (Å²) in [5.41, 5.74) is 0.0560. The Morgan fingerprint density at radius 3 is 2.25 bits per heavy atom. The summed E-state index contributed by atoms with van der Waals surface area (Å²) in [4.78, 5) is 1.39. The minimum Gasteiger partial charge on any atom is -0.314 e. The fraction of sp³-hybridized carbons (Fsp3) is 0.500. The predicted molar refractivity (Wildman–Crippen MR) is 76.9 cm³/mol. The van der Waals surface area contributed by atoms with Gasteiger partial charge in [-0.2, -0.15) is 13.2 Å². The Morgan fingerprint density at radius 2 is 1.75 bits per heavy atom. The molecule has 0 spiro atoms. The van der Waals surface area contributed by atoms with E-state index in [1.54, 1.807) is 0 Å². The molecule has 0 unspecified atom stereocenters. The van der Waals surface area contributed by atoms with Gasteiger partial charge in [-0.3, -0.25) is 4.90 Å². The molecule has 0 aliphatic carbocycles. The predicted octanol–water partition coefficient (Wildman–Crippen LogP) is 3.92. The van der Waals surface area contributed by atoms with Crippen LogP contribution in [-0.4, -0.2) is 37.3 Å². The summed E-state index contributed by atoms with van der Waals surface area (Å²) in [5.74, 6) is 0. The average Bonchev–Trinajstić information content (AvgIpc) is 2.32. The molecular formula is C12H14Cl3F3N2. The van der Waals surface area contributed by atoms with E-state index in [0.29, 0.717) is 31.2 Å². The van der Waals surface area contributed by atoms with E-state index in [-0.39, 0.29) is 23.0 Å². The highest BCUT2D eigenvalue weighted by Crippen LogP contribution is 2.41. The molecular weight excluding hydrogens is 335 g/mol. The van der Waals surface area contributed by atoms with Gasteiger partial charge in [0.25, 0.3) is 0 Å². The van der Waals surface area contributed by atoms with E-state index in [9.17, 15) is 13.2 Å². The topological polar surface area (TPSA) is 15.3 Å². The molecule has 114 valence electrons. The lowest BCUT2D eigenvalue weighted by atomic mass is 10.0. The fourth-order valence-electron chi connectivity index (χ4n) is 2.24. The van der Waals surface area contributed by atoms with Crippen LogP contribution < -0.4 is 5.32 Å². The first-order valence-corrected chi connectivity index (χ1v) is 6.61. The first-order chi connectivity index (χ1) is 8.89. The molecule has 0 radical (unpaired) electrons. The van der Waals surface area contributed by atoms with E-state index in [1.807, 2.05) is 0 Å². The molecule has 2 nitrogen and oxygen atoms in total. The molecule has 1 aliphatic heterocycles. The molecule has 1 aromatic carbocycles. The maximum absolute atomic E-state index is 13.3. The lowest BCUT2D eigenvalue weighted by Gasteiger charge is -2.36. The lowest BCUT2D eigenvalue weighted by Crippen LogP contribution is -2.49. The van der Waals surface area contributed by atoms with Crippen molar-refractivity contribution < 1.29 is 13.2 Å². The molecule has 2 rings (SSSR count). The van der Waals surface area contributed by atoms with Crippen LogP contribution in [0.4, 0.5) is 13.2 Å². The van der Waals surface area contributed by atoms with E-state index in [1.165, 1.54) is 23.1 Å². The quantitative estimate of drug-likeness (QED) is 0.870. The number of hydrogen-bond acceptors (Lipinski definition) is 2. The molecule has 0 saturated carbocycles. The van der Waals surface area contributed by atoms with Gasteiger partial charge in [-0.05, 0) is 17.7 Å². The van der Waals surface area contributed by atoms with Gasteiger partial charge in [-0.15, -0.1) is 12.4 Å². The van der Waals surface area contributed by atoms with E-state index in [0.717, 1.165) is 0 Å². The van der Waals surface area contributed by atoms with Crippen LogP contribution in [0.15, 0.2) is 18.2 Å². The highest BCUT2D eigenvalue weighted by Gasteiger charge is 2.45. The molecule has 0 aromatic heterocycles. The minimum atomic E-state index is -4.37. The van der Waals surface area contributed by atoms with Crippen molar-refractivity contribution in [2.24, 2.45) is 0 Å². The Labute approximate surface area is 131 Å². The van der Waals surface area contributed by atoms with Crippen LogP contribution in [0.2, 0.25) is 10.0 Å². The standard InChI is InChI=1S/C12H13Cl2F3N2.ClH/c13-8-1-2-9(10(14)7-8)11(12(15,16)17)19-5-3-18-4-6-19;/h1-2,7,11,18H,3-6H2;1H/t11-;/m0./s1. The van der Waals surface area contributed by atoms with Crippen molar-refractivity contribution in [1.82, 2.24) is 10.2 Å². The van der Waals surface area contributed by atoms with Crippen molar-refractivity contribution in [1.29, 1.82) is 0 Å². The minimum absolute atomic E-state index is 0. The number of rotatable bonds is 2. The summed E-state index contributed by atoms with van der Waals surface area (Å²) >= 11 is 11.7. The van der Waals surface area contributed by atoms with Gasteiger partial charge in [0.1, 0.15) is 6.04 Å². The largest absolute Gasteiger partial charge is 0.408 e. The monoisotopic (exact) mass is 348 g/mol. The van der Waals surface area contributed by atoms with Gasteiger partial charge in [0.05, 0.1) is 0 Å². The summed E-state index contributed by atoms with van der Waals surface area (Å²) in [7, 11) is 0. The van der Waals surface area contributed by atoms with Gasteiger partial charge in [0.2, 0.25) is 0 Å². The molecule has 1 aliphatic rings. The molecule has 0 amide bonds. The molecule has 1 saturated heterocycles. The number of hydrogen-bond donors (Lipinski definition) is 1. The zero-order chi connectivity index (χ0) is 14.0. The Morgan fingerprint density at radius 1 is 1.15 bits per heavy atom. The van der Waals surface area contributed by atoms with Crippen molar-refractivity contribution in [3.05, 3.63) is 33.8 Å². The third-order valence-electron chi connectivity index (χ3n) is 3.08. The smallest absolute Gasteiger partial charge is 0.314 e. The van der Waals surface area contributed by atoms with Gasteiger partial charge >= 0.3 is 6.18 Å². The number of alkyl halides is 3. The maximum Gasteiger partial charge on any atom is 0.408 e. The van der Waals surface area contributed by atoms with Crippen LogP contribution in [0.5, 0.6) is 0 Å². The Hall–Kier alpha value is -0.200.